The Hall–Kier alpha value is -2.27. The molecular formula is C16H15ClFNO3. The lowest BCUT2D eigenvalue weighted by Gasteiger charge is -2.15. The minimum atomic E-state index is -0.741. The van der Waals surface area contributed by atoms with Crippen LogP contribution in [0.2, 0.25) is 5.02 Å². The summed E-state index contributed by atoms with van der Waals surface area (Å²) in [5.74, 6) is 0.381. The Bertz CT molecular complexity index is 661. The number of hydrogen-bond donors (Lipinski definition) is 1. The topological polar surface area (TPSA) is 47.6 Å². The maximum absolute atomic E-state index is 13.0. The van der Waals surface area contributed by atoms with E-state index in [9.17, 15) is 9.18 Å². The number of benzene rings is 2. The van der Waals surface area contributed by atoms with Crippen molar-refractivity contribution >= 4 is 23.2 Å². The molecule has 0 fully saturated rings. The van der Waals surface area contributed by atoms with Crippen LogP contribution in [-0.2, 0) is 4.79 Å². The van der Waals surface area contributed by atoms with Crippen LogP contribution in [0.1, 0.15) is 6.92 Å². The highest BCUT2D eigenvalue weighted by atomic mass is 35.5. The molecule has 22 heavy (non-hydrogen) atoms. The molecule has 2 aromatic rings. The molecule has 0 aliphatic carbocycles. The van der Waals surface area contributed by atoms with E-state index in [4.69, 9.17) is 21.1 Å². The van der Waals surface area contributed by atoms with Crippen LogP contribution in [0.3, 0.4) is 0 Å². The van der Waals surface area contributed by atoms with Gasteiger partial charge in [0.05, 0.1) is 17.8 Å². The van der Waals surface area contributed by atoms with Gasteiger partial charge >= 0.3 is 0 Å². The molecule has 1 N–H and O–H groups in total. The number of hydrogen-bond acceptors (Lipinski definition) is 3. The van der Waals surface area contributed by atoms with E-state index in [0.29, 0.717) is 17.2 Å². The van der Waals surface area contributed by atoms with Gasteiger partial charge in [-0.1, -0.05) is 11.6 Å². The van der Waals surface area contributed by atoms with E-state index in [0.717, 1.165) is 6.07 Å². The summed E-state index contributed by atoms with van der Waals surface area (Å²) in [6.45, 7) is 1.61. The summed E-state index contributed by atoms with van der Waals surface area (Å²) in [7, 11) is 1.57. The Morgan fingerprint density at radius 3 is 2.41 bits per heavy atom. The van der Waals surface area contributed by atoms with Crippen molar-refractivity contribution in [1.82, 2.24) is 0 Å². The summed E-state index contributed by atoms with van der Waals surface area (Å²) in [4.78, 5) is 12.1. The summed E-state index contributed by atoms with van der Waals surface area (Å²) in [6.07, 6.45) is -0.741. The first-order valence-corrected chi connectivity index (χ1v) is 6.94. The highest BCUT2D eigenvalue weighted by Crippen LogP contribution is 2.23. The fourth-order valence-corrected chi connectivity index (χ4v) is 1.95. The van der Waals surface area contributed by atoms with Gasteiger partial charge in [0.2, 0.25) is 0 Å². The third-order valence-corrected chi connectivity index (χ3v) is 3.24. The largest absolute Gasteiger partial charge is 0.497 e. The average Bonchev–Trinajstić information content (AvgIpc) is 2.50. The van der Waals surface area contributed by atoms with Crippen LogP contribution in [0.15, 0.2) is 42.5 Å². The second-order valence-corrected chi connectivity index (χ2v) is 4.96. The number of carbonyl (C=O) groups is 1. The summed E-state index contributed by atoms with van der Waals surface area (Å²) in [6, 6.07) is 10.6. The molecule has 1 unspecified atom stereocenters. The zero-order valence-corrected chi connectivity index (χ0v) is 12.9. The Morgan fingerprint density at radius 1 is 1.18 bits per heavy atom. The minimum absolute atomic E-state index is 0.130. The van der Waals surface area contributed by atoms with Crippen molar-refractivity contribution in [3.8, 4) is 11.5 Å². The molecule has 2 aromatic carbocycles. The van der Waals surface area contributed by atoms with Crippen molar-refractivity contribution < 1.29 is 18.7 Å². The van der Waals surface area contributed by atoms with Gasteiger partial charge in [-0.3, -0.25) is 4.79 Å². The number of nitrogens with one attached hydrogen (secondary N) is 1. The Balaban J connectivity index is 1.99. The molecule has 0 spiro atoms. The Morgan fingerprint density at radius 2 is 1.82 bits per heavy atom. The summed E-state index contributed by atoms with van der Waals surface area (Å²) < 4.78 is 23.5. The molecular weight excluding hydrogens is 309 g/mol. The molecule has 0 heterocycles. The van der Waals surface area contributed by atoms with Gasteiger partial charge in [0.25, 0.3) is 5.91 Å². The summed E-state index contributed by atoms with van der Waals surface area (Å²) in [5.41, 5.74) is 0.332. The zero-order chi connectivity index (χ0) is 16.1. The van der Waals surface area contributed by atoms with E-state index < -0.39 is 11.9 Å². The fraction of sp³-hybridized carbons (Fsp3) is 0.188. The normalized spacial score (nSPS) is 11.6. The molecule has 0 aromatic heterocycles. The lowest BCUT2D eigenvalue weighted by Crippen LogP contribution is -2.30. The van der Waals surface area contributed by atoms with Gasteiger partial charge in [0.1, 0.15) is 17.3 Å². The van der Waals surface area contributed by atoms with Gasteiger partial charge in [-0.05, 0) is 49.4 Å². The maximum Gasteiger partial charge on any atom is 0.265 e. The second-order valence-electron chi connectivity index (χ2n) is 4.55. The highest BCUT2D eigenvalue weighted by molar-refractivity contribution is 6.33. The number of rotatable bonds is 5. The molecule has 0 aliphatic heterocycles. The number of methoxy groups -OCH3 is 1. The fourth-order valence-electron chi connectivity index (χ4n) is 1.74. The second kappa shape index (κ2) is 7.13. The molecule has 1 atom stereocenters. The van der Waals surface area contributed by atoms with Gasteiger partial charge in [-0.25, -0.2) is 4.39 Å². The predicted octanol–water partition coefficient (Wildman–Crippen LogP) is 3.89. The molecule has 0 saturated carbocycles. The van der Waals surface area contributed by atoms with Gasteiger partial charge in [0, 0.05) is 0 Å². The Kier molecular flexibility index (Phi) is 5.22. The van der Waals surface area contributed by atoms with Crippen LogP contribution in [0.5, 0.6) is 11.5 Å². The highest BCUT2D eigenvalue weighted by Gasteiger charge is 2.16. The van der Waals surface area contributed by atoms with E-state index in [1.165, 1.54) is 12.1 Å². The first-order chi connectivity index (χ1) is 10.5. The summed E-state index contributed by atoms with van der Waals surface area (Å²) in [5, 5.41) is 2.72. The number of halogens is 2. The van der Waals surface area contributed by atoms with Crippen molar-refractivity contribution in [1.29, 1.82) is 0 Å². The van der Waals surface area contributed by atoms with E-state index in [1.807, 2.05) is 0 Å². The van der Waals surface area contributed by atoms with E-state index >= 15 is 0 Å². The molecule has 6 heteroatoms. The van der Waals surface area contributed by atoms with Gasteiger partial charge in [0.15, 0.2) is 6.10 Å². The molecule has 0 radical (unpaired) electrons. The van der Waals surface area contributed by atoms with Crippen molar-refractivity contribution in [3.05, 3.63) is 53.3 Å². The third kappa shape index (κ3) is 4.11. The molecule has 116 valence electrons. The van der Waals surface area contributed by atoms with Gasteiger partial charge in [-0.2, -0.15) is 0 Å². The molecule has 2 rings (SSSR count). The number of anilines is 1. The van der Waals surface area contributed by atoms with Crippen molar-refractivity contribution in [3.63, 3.8) is 0 Å². The maximum atomic E-state index is 13.0. The number of ether oxygens (including phenoxy) is 2. The third-order valence-electron chi connectivity index (χ3n) is 2.93. The summed E-state index contributed by atoms with van der Waals surface area (Å²) >= 11 is 5.86. The first kappa shape index (κ1) is 16.1. The lowest BCUT2D eigenvalue weighted by atomic mass is 10.2. The van der Waals surface area contributed by atoms with E-state index in [1.54, 1.807) is 38.3 Å². The molecule has 0 saturated heterocycles. The van der Waals surface area contributed by atoms with Crippen LogP contribution in [0.4, 0.5) is 10.1 Å². The SMILES string of the molecule is COc1ccc(OC(C)C(=O)Nc2ccc(F)cc2Cl)cc1. The standard InChI is InChI=1S/C16H15ClFNO3/c1-10(22-13-6-4-12(21-2)5-7-13)16(20)19-15-8-3-11(18)9-14(15)17/h3-10H,1-2H3,(H,19,20). The van der Waals surface area contributed by atoms with E-state index in [2.05, 4.69) is 5.32 Å². The van der Waals surface area contributed by atoms with Crippen LogP contribution >= 0.6 is 11.6 Å². The minimum Gasteiger partial charge on any atom is -0.497 e. The van der Waals surface area contributed by atoms with Crippen LogP contribution in [0, 0.1) is 5.82 Å². The number of carbonyl (C=O) groups excluding carboxylic acids is 1. The van der Waals surface area contributed by atoms with E-state index in [-0.39, 0.29) is 10.9 Å². The van der Waals surface area contributed by atoms with Crippen LogP contribution in [0.25, 0.3) is 0 Å². The monoisotopic (exact) mass is 323 g/mol. The molecule has 1 amide bonds. The average molecular weight is 324 g/mol. The smallest absolute Gasteiger partial charge is 0.265 e. The lowest BCUT2D eigenvalue weighted by molar-refractivity contribution is -0.122. The first-order valence-electron chi connectivity index (χ1n) is 6.56. The van der Waals surface area contributed by atoms with Crippen molar-refractivity contribution in [2.75, 3.05) is 12.4 Å². The van der Waals surface area contributed by atoms with Gasteiger partial charge < -0.3 is 14.8 Å². The molecule has 0 aliphatic rings. The number of amides is 1. The predicted molar refractivity (Wildman–Crippen MR) is 83.1 cm³/mol. The quantitative estimate of drug-likeness (QED) is 0.908. The van der Waals surface area contributed by atoms with Crippen molar-refractivity contribution in [2.24, 2.45) is 0 Å². The molecule has 0 bridgehead atoms. The zero-order valence-electron chi connectivity index (χ0n) is 12.1. The van der Waals surface area contributed by atoms with Crippen LogP contribution < -0.4 is 14.8 Å². The molecule has 4 nitrogen and oxygen atoms in total. The van der Waals surface area contributed by atoms with Gasteiger partial charge in [-0.15, -0.1) is 0 Å². The van der Waals surface area contributed by atoms with Crippen molar-refractivity contribution in [2.45, 2.75) is 13.0 Å². The Labute approximate surface area is 132 Å². The van der Waals surface area contributed by atoms with Crippen LogP contribution in [-0.4, -0.2) is 19.1 Å².